The van der Waals surface area contributed by atoms with Crippen molar-refractivity contribution in [3.05, 3.63) is 41.6 Å². The lowest BCUT2D eigenvalue weighted by molar-refractivity contribution is 0.0603. The Hall–Kier alpha value is -2.07. The Balaban J connectivity index is 2.58. The van der Waals surface area contributed by atoms with Crippen LogP contribution in [0.5, 0.6) is 0 Å². The van der Waals surface area contributed by atoms with Crippen LogP contribution < -0.4 is 0 Å². The smallest absolute Gasteiger partial charge is 0.338 e. The van der Waals surface area contributed by atoms with Crippen molar-refractivity contribution in [2.45, 2.75) is 0 Å². The number of carbonyl (C=O) groups excluding carboxylic acids is 1. The molecule has 0 aliphatic carbocycles. The van der Waals surface area contributed by atoms with E-state index >= 15 is 0 Å². The molecule has 1 aromatic carbocycles. The SMILES string of the molecule is COC(=O)c1cc(C=CCO)cc2[nH]ccc12. The summed E-state index contributed by atoms with van der Waals surface area (Å²) in [6.07, 6.45) is 5.15. The van der Waals surface area contributed by atoms with Crippen molar-refractivity contribution in [1.29, 1.82) is 0 Å². The van der Waals surface area contributed by atoms with E-state index in [1.165, 1.54) is 7.11 Å². The Morgan fingerprint density at radius 3 is 3.06 bits per heavy atom. The molecule has 4 heteroatoms. The summed E-state index contributed by atoms with van der Waals surface area (Å²) in [6, 6.07) is 5.49. The van der Waals surface area contributed by atoms with E-state index < -0.39 is 0 Å². The first-order valence-electron chi connectivity index (χ1n) is 5.23. The van der Waals surface area contributed by atoms with Gasteiger partial charge in [0, 0.05) is 17.1 Å². The van der Waals surface area contributed by atoms with Gasteiger partial charge in [0.25, 0.3) is 0 Å². The summed E-state index contributed by atoms with van der Waals surface area (Å²) in [4.78, 5) is 14.7. The first-order chi connectivity index (χ1) is 8.26. The van der Waals surface area contributed by atoms with Gasteiger partial charge in [0.15, 0.2) is 0 Å². The first kappa shape index (κ1) is 11.4. The van der Waals surface area contributed by atoms with Crippen LogP contribution in [0.15, 0.2) is 30.5 Å². The van der Waals surface area contributed by atoms with E-state index in [0.717, 1.165) is 16.5 Å². The molecule has 1 heterocycles. The van der Waals surface area contributed by atoms with Crippen molar-refractivity contribution in [3.63, 3.8) is 0 Å². The molecular formula is C13H13NO3. The van der Waals surface area contributed by atoms with Crippen LogP contribution in [0.4, 0.5) is 0 Å². The van der Waals surface area contributed by atoms with E-state index in [1.807, 2.05) is 12.1 Å². The van der Waals surface area contributed by atoms with Crippen LogP contribution in [-0.4, -0.2) is 29.8 Å². The molecule has 0 amide bonds. The number of aromatic nitrogens is 1. The maximum atomic E-state index is 11.6. The van der Waals surface area contributed by atoms with Gasteiger partial charge in [0.05, 0.1) is 19.3 Å². The summed E-state index contributed by atoms with van der Waals surface area (Å²) in [5.74, 6) is -0.367. The zero-order chi connectivity index (χ0) is 12.3. The monoisotopic (exact) mass is 231 g/mol. The number of rotatable bonds is 3. The number of ether oxygens (including phenoxy) is 1. The fourth-order valence-corrected chi connectivity index (χ4v) is 1.75. The number of hydrogen-bond acceptors (Lipinski definition) is 3. The molecule has 4 nitrogen and oxygen atoms in total. The van der Waals surface area contributed by atoms with Gasteiger partial charge in [-0.3, -0.25) is 0 Å². The van der Waals surface area contributed by atoms with Crippen molar-refractivity contribution in [1.82, 2.24) is 4.98 Å². The zero-order valence-corrected chi connectivity index (χ0v) is 9.43. The van der Waals surface area contributed by atoms with Gasteiger partial charge < -0.3 is 14.8 Å². The second-order valence-electron chi connectivity index (χ2n) is 3.58. The van der Waals surface area contributed by atoms with Crippen LogP contribution in [0, 0.1) is 0 Å². The summed E-state index contributed by atoms with van der Waals surface area (Å²) >= 11 is 0. The van der Waals surface area contributed by atoms with Gasteiger partial charge >= 0.3 is 5.97 Å². The highest BCUT2D eigenvalue weighted by atomic mass is 16.5. The van der Waals surface area contributed by atoms with Gasteiger partial charge in [-0.1, -0.05) is 12.2 Å². The molecule has 0 saturated carbocycles. The standard InChI is InChI=1S/C13H13NO3/c1-17-13(16)11-7-9(3-2-6-15)8-12-10(11)4-5-14-12/h2-5,7-8,14-15H,6H2,1H3. The summed E-state index contributed by atoms with van der Waals surface area (Å²) in [7, 11) is 1.36. The molecule has 0 fully saturated rings. The van der Waals surface area contributed by atoms with Gasteiger partial charge in [-0.15, -0.1) is 0 Å². The fraction of sp³-hybridized carbons (Fsp3) is 0.154. The molecule has 0 spiro atoms. The molecule has 0 radical (unpaired) electrons. The Labute approximate surface area is 98.5 Å². The highest BCUT2D eigenvalue weighted by molar-refractivity contribution is 6.04. The van der Waals surface area contributed by atoms with E-state index in [9.17, 15) is 4.79 Å². The number of aliphatic hydroxyl groups excluding tert-OH is 1. The van der Waals surface area contributed by atoms with Crippen LogP contribution >= 0.6 is 0 Å². The predicted molar refractivity (Wildman–Crippen MR) is 65.8 cm³/mol. The largest absolute Gasteiger partial charge is 0.465 e. The third-order valence-corrected chi connectivity index (χ3v) is 2.51. The van der Waals surface area contributed by atoms with Crippen molar-refractivity contribution in [3.8, 4) is 0 Å². The number of fused-ring (bicyclic) bond motifs is 1. The van der Waals surface area contributed by atoms with Gasteiger partial charge in [-0.05, 0) is 23.8 Å². The van der Waals surface area contributed by atoms with Crippen LogP contribution in [0.2, 0.25) is 0 Å². The van der Waals surface area contributed by atoms with Gasteiger partial charge in [0.2, 0.25) is 0 Å². The number of benzene rings is 1. The normalized spacial score (nSPS) is 11.2. The third kappa shape index (κ3) is 2.21. The Bertz CT molecular complexity index is 569. The number of nitrogens with one attached hydrogen (secondary N) is 1. The lowest BCUT2D eigenvalue weighted by atomic mass is 10.1. The summed E-state index contributed by atoms with van der Waals surface area (Å²) in [6.45, 7) is -0.0314. The minimum Gasteiger partial charge on any atom is -0.465 e. The summed E-state index contributed by atoms with van der Waals surface area (Å²) < 4.78 is 4.75. The van der Waals surface area contributed by atoms with E-state index in [1.54, 1.807) is 24.4 Å². The Kier molecular flexibility index (Phi) is 3.25. The molecule has 0 unspecified atom stereocenters. The van der Waals surface area contributed by atoms with Crippen molar-refractivity contribution < 1.29 is 14.6 Å². The van der Waals surface area contributed by atoms with Crippen LogP contribution in [0.3, 0.4) is 0 Å². The fourth-order valence-electron chi connectivity index (χ4n) is 1.75. The van der Waals surface area contributed by atoms with E-state index in [0.29, 0.717) is 5.56 Å². The van der Waals surface area contributed by atoms with Gasteiger partial charge in [-0.25, -0.2) is 4.79 Å². The van der Waals surface area contributed by atoms with Crippen molar-refractivity contribution in [2.75, 3.05) is 13.7 Å². The number of carbonyl (C=O) groups is 1. The Morgan fingerprint density at radius 1 is 1.53 bits per heavy atom. The van der Waals surface area contributed by atoms with E-state index in [2.05, 4.69) is 4.98 Å². The van der Waals surface area contributed by atoms with Crippen molar-refractivity contribution >= 4 is 22.9 Å². The second kappa shape index (κ2) is 4.84. The number of H-pyrrole nitrogens is 1. The maximum absolute atomic E-state index is 11.6. The first-order valence-corrected chi connectivity index (χ1v) is 5.23. The number of aliphatic hydroxyl groups is 1. The second-order valence-corrected chi connectivity index (χ2v) is 3.58. The highest BCUT2D eigenvalue weighted by Crippen LogP contribution is 2.21. The molecule has 1 aromatic heterocycles. The highest BCUT2D eigenvalue weighted by Gasteiger charge is 2.11. The number of hydrogen-bond donors (Lipinski definition) is 2. The average Bonchev–Trinajstić information content (AvgIpc) is 2.82. The molecule has 0 saturated heterocycles. The molecule has 0 bridgehead atoms. The zero-order valence-electron chi connectivity index (χ0n) is 9.43. The third-order valence-electron chi connectivity index (χ3n) is 2.51. The quantitative estimate of drug-likeness (QED) is 0.794. The lowest BCUT2D eigenvalue weighted by Crippen LogP contribution is -2.02. The lowest BCUT2D eigenvalue weighted by Gasteiger charge is -2.03. The van der Waals surface area contributed by atoms with Crippen LogP contribution in [0.1, 0.15) is 15.9 Å². The number of methoxy groups -OCH3 is 1. The van der Waals surface area contributed by atoms with E-state index in [4.69, 9.17) is 9.84 Å². The predicted octanol–water partition coefficient (Wildman–Crippen LogP) is 1.96. The molecular weight excluding hydrogens is 218 g/mol. The Morgan fingerprint density at radius 2 is 2.35 bits per heavy atom. The molecule has 0 aliphatic heterocycles. The molecule has 2 N–H and O–H groups in total. The summed E-state index contributed by atoms with van der Waals surface area (Å²) in [5, 5.41) is 9.57. The van der Waals surface area contributed by atoms with Gasteiger partial charge in [0.1, 0.15) is 0 Å². The topological polar surface area (TPSA) is 62.3 Å². The molecule has 17 heavy (non-hydrogen) atoms. The minimum absolute atomic E-state index is 0.0314. The molecule has 0 atom stereocenters. The average molecular weight is 231 g/mol. The van der Waals surface area contributed by atoms with E-state index in [-0.39, 0.29) is 12.6 Å². The number of esters is 1. The van der Waals surface area contributed by atoms with Crippen LogP contribution in [-0.2, 0) is 4.74 Å². The van der Waals surface area contributed by atoms with Crippen LogP contribution in [0.25, 0.3) is 17.0 Å². The van der Waals surface area contributed by atoms with Crippen molar-refractivity contribution in [2.24, 2.45) is 0 Å². The number of aromatic amines is 1. The maximum Gasteiger partial charge on any atom is 0.338 e. The molecule has 88 valence electrons. The molecule has 0 aliphatic rings. The molecule has 2 rings (SSSR count). The summed E-state index contributed by atoms with van der Waals surface area (Å²) in [5.41, 5.74) is 2.23. The van der Waals surface area contributed by atoms with Gasteiger partial charge in [-0.2, -0.15) is 0 Å². The minimum atomic E-state index is -0.367. The molecule has 2 aromatic rings.